The SMILES string of the molecule is CC1(C)C(O)CC1NCc1ccccc1N1CCCC1. The third kappa shape index (κ3) is 2.45. The third-order valence-corrected chi connectivity index (χ3v) is 5.19. The molecule has 0 spiro atoms. The number of aliphatic hydroxyl groups is 1. The molecule has 1 aromatic carbocycles. The van der Waals surface area contributed by atoms with Crippen molar-refractivity contribution in [2.45, 2.75) is 51.8 Å². The van der Waals surface area contributed by atoms with Gasteiger partial charge in [-0.05, 0) is 30.9 Å². The lowest BCUT2D eigenvalue weighted by Gasteiger charge is -2.49. The summed E-state index contributed by atoms with van der Waals surface area (Å²) in [5.41, 5.74) is 2.77. The number of nitrogens with one attached hydrogen (secondary N) is 1. The minimum Gasteiger partial charge on any atom is -0.392 e. The standard InChI is InChI=1S/C17H26N2O/c1-17(2)15(11-16(17)20)18-12-13-7-3-4-8-14(13)19-9-5-6-10-19/h3-4,7-8,15-16,18,20H,5-6,9-12H2,1-2H3. The van der Waals surface area contributed by atoms with E-state index in [1.807, 2.05) is 0 Å². The van der Waals surface area contributed by atoms with Gasteiger partial charge in [0, 0.05) is 36.8 Å². The maximum Gasteiger partial charge on any atom is 0.0621 e. The fourth-order valence-electron chi connectivity index (χ4n) is 3.41. The molecule has 110 valence electrons. The first-order chi connectivity index (χ1) is 9.59. The first-order valence-corrected chi connectivity index (χ1v) is 7.83. The van der Waals surface area contributed by atoms with E-state index in [0.717, 1.165) is 13.0 Å². The molecule has 3 nitrogen and oxygen atoms in total. The summed E-state index contributed by atoms with van der Waals surface area (Å²) in [6, 6.07) is 9.14. The molecule has 1 aliphatic heterocycles. The molecule has 1 saturated carbocycles. The number of rotatable bonds is 4. The number of benzene rings is 1. The van der Waals surface area contributed by atoms with E-state index in [1.165, 1.54) is 37.2 Å². The smallest absolute Gasteiger partial charge is 0.0621 e. The van der Waals surface area contributed by atoms with Gasteiger partial charge in [0.05, 0.1) is 6.10 Å². The summed E-state index contributed by atoms with van der Waals surface area (Å²) < 4.78 is 0. The van der Waals surface area contributed by atoms with Crippen LogP contribution in [0.2, 0.25) is 0 Å². The molecule has 2 fully saturated rings. The number of aliphatic hydroxyl groups excluding tert-OH is 1. The van der Waals surface area contributed by atoms with Gasteiger partial charge in [-0.1, -0.05) is 32.0 Å². The molecular weight excluding hydrogens is 248 g/mol. The number of hydrogen-bond donors (Lipinski definition) is 2. The summed E-state index contributed by atoms with van der Waals surface area (Å²) in [6.07, 6.45) is 3.33. The Bertz CT molecular complexity index is 466. The Morgan fingerprint density at radius 1 is 1.25 bits per heavy atom. The van der Waals surface area contributed by atoms with Crippen molar-refractivity contribution >= 4 is 5.69 Å². The fraction of sp³-hybridized carbons (Fsp3) is 0.647. The van der Waals surface area contributed by atoms with E-state index in [1.54, 1.807) is 0 Å². The average molecular weight is 274 g/mol. The molecule has 2 unspecified atom stereocenters. The predicted molar refractivity (Wildman–Crippen MR) is 82.9 cm³/mol. The van der Waals surface area contributed by atoms with Crippen molar-refractivity contribution in [3.8, 4) is 0 Å². The van der Waals surface area contributed by atoms with Gasteiger partial charge in [0.25, 0.3) is 0 Å². The molecule has 3 rings (SSSR count). The zero-order valence-electron chi connectivity index (χ0n) is 12.6. The molecule has 2 aliphatic rings. The highest BCUT2D eigenvalue weighted by molar-refractivity contribution is 5.54. The molecule has 0 aromatic heterocycles. The largest absolute Gasteiger partial charge is 0.392 e. The topological polar surface area (TPSA) is 35.5 Å². The van der Waals surface area contributed by atoms with Crippen LogP contribution in [0.5, 0.6) is 0 Å². The molecule has 1 aliphatic carbocycles. The van der Waals surface area contributed by atoms with E-state index in [0.29, 0.717) is 6.04 Å². The maximum atomic E-state index is 9.82. The van der Waals surface area contributed by atoms with Gasteiger partial charge in [0.15, 0.2) is 0 Å². The predicted octanol–water partition coefficient (Wildman–Crippen LogP) is 2.54. The molecule has 2 atom stereocenters. The number of anilines is 1. The van der Waals surface area contributed by atoms with Crippen molar-refractivity contribution in [2.75, 3.05) is 18.0 Å². The molecule has 0 bridgehead atoms. The van der Waals surface area contributed by atoms with Crippen LogP contribution in [0.1, 0.15) is 38.7 Å². The van der Waals surface area contributed by atoms with Crippen LogP contribution in [-0.2, 0) is 6.54 Å². The van der Waals surface area contributed by atoms with Crippen LogP contribution in [0.25, 0.3) is 0 Å². The van der Waals surface area contributed by atoms with Gasteiger partial charge in [0.2, 0.25) is 0 Å². The summed E-state index contributed by atoms with van der Waals surface area (Å²) in [7, 11) is 0. The average Bonchev–Trinajstić information content (AvgIpc) is 2.97. The lowest BCUT2D eigenvalue weighted by molar-refractivity contribution is -0.0729. The van der Waals surface area contributed by atoms with Crippen LogP contribution in [0, 0.1) is 5.41 Å². The quantitative estimate of drug-likeness (QED) is 0.885. The van der Waals surface area contributed by atoms with Crippen molar-refractivity contribution in [3.05, 3.63) is 29.8 Å². The maximum absolute atomic E-state index is 9.82. The molecule has 2 N–H and O–H groups in total. The van der Waals surface area contributed by atoms with Gasteiger partial charge >= 0.3 is 0 Å². The Labute approximate surface area is 122 Å². The van der Waals surface area contributed by atoms with Crippen LogP contribution in [0.15, 0.2) is 24.3 Å². The fourth-order valence-corrected chi connectivity index (χ4v) is 3.41. The Morgan fingerprint density at radius 2 is 1.95 bits per heavy atom. The van der Waals surface area contributed by atoms with E-state index in [2.05, 4.69) is 48.3 Å². The zero-order valence-corrected chi connectivity index (χ0v) is 12.6. The van der Waals surface area contributed by atoms with Crippen LogP contribution in [-0.4, -0.2) is 30.3 Å². The summed E-state index contributed by atoms with van der Waals surface area (Å²) in [5, 5.41) is 13.5. The highest BCUT2D eigenvalue weighted by Gasteiger charge is 2.46. The first kappa shape index (κ1) is 13.9. The summed E-state index contributed by atoms with van der Waals surface area (Å²) in [6.45, 7) is 7.55. The minimum atomic E-state index is -0.158. The van der Waals surface area contributed by atoms with Gasteiger partial charge in [0.1, 0.15) is 0 Å². The number of hydrogen-bond acceptors (Lipinski definition) is 3. The molecule has 0 radical (unpaired) electrons. The van der Waals surface area contributed by atoms with E-state index in [4.69, 9.17) is 0 Å². The summed E-state index contributed by atoms with van der Waals surface area (Å²) in [5.74, 6) is 0. The van der Waals surface area contributed by atoms with Crippen molar-refractivity contribution in [2.24, 2.45) is 5.41 Å². The highest BCUT2D eigenvalue weighted by atomic mass is 16.3. The molecule has 20 heavy (non-hydrogen) atoms. The summed E-state index contributed by atoms with van der Waals surface area (Å²) >= 11 is 0. The first-order valence-electron chi connectivity index (χ1n) is 7.83. The second-order valence-corrected chi connectivity index (χ2v) is 6.83. The van der Waals surface area contributed by atoms with E-state index >= 15 is 0 Å². The Kier molecular flexibility index (Phi) is 3.74. The van der Waals surface area contributed by atoms with Gasteiger partial charge in [-0.25, -0.2) is 0 Å². The van der Waals surface area contributed by atoms with Crippen molar-refractivity contribution in [1.29, 1.82) is 0 Å². The van der Waals surface area contributed by atoms with Gasteiger partial charge in [-0.2, -0.15) is 0 Å². The number of nitrogens with zero attached hydrogens (tertiary/aromatic N) is 1. The third-order valence-electron chi connectivity index (χ3n) is 5.19. The lowest BCUT2D eigenvalue weighted by atomic mass is 9.64. The Balaban J connectivity index is 1.66. The Hall–Kier alpha value is -1.06. The van der Waals surface area contributed by atoms with Crippen LogP contribution < -0.4 is 10.2 Å². The normalized spacial score (nSPS) is 28.4. The van der Waals surface area contributed by atoms with Gasteiger partial charge < -0.3 is 15.3 Å². The Morgan fingerprint density at radius 3 is 2.60 bits per heavy atom. The van der Waals surface area contributed by atoms with Crippen LogP contribution >= 0.6 is 0 Å². The van der Waals surface area contributed by atoms with E-state index < -0.39 is 0 Å². The van der Waals surface area contributed by atoms with Crippen molar-refractivity contribution in [1.82, 2.24) is 5.32 Å². The molecular formula is C17H26N2O. The number of para-hydroxylation sites is 1. The molecule has 3 heteroatoms. The van der Waals surface area contributed by atoms with Crippen LogP contribution in [0.3, 0.4) is 0 Å². The van der Waals surface area contributed by atoms with E-state index in [9.17, 15) is 5.11 Å². The molecule has 1 saturated heterocycles. The van der Waals surface area contributed by atoms with Gasteiger partial charge in [-0.3, -0.25) is 0 Å². The monoisotopic (exact) mass is 274 g/mol. The molecule has 0 amide bonds. The van der Waals surface area contributed by atoms with Crippen molar-refractivity contribution in [3.63, 3.8) is 0 Å². The summed E-state index contributed by atoms with van der Waals surface area (Å²) in [4.78, 5) is 2.50. The highest BCUT2D eigenvalue weighted by Crippen LogP contribution is 2.40. The molecule has 1 heterocycles. The van der Waals surface area contributed by atoms with E-state index in [-0.39, 0.29) is 11.5 Å². The molecule has 1 aromatic rings. The zero-order chi connectivity index (χ0) is 14.2. The van der Waals surface area contributed by atoms with Crippen LogP contribution in [0.4, 0.5) is 5.69 Å². The second-order valence-electron chi connectivity index (χ2n) is 6.83. The lowest BCUT2D eigenvalue weighted by Crippen LogP contribution is -2.59. The second kappa shape index (κ2) is 5.38. The minimum absolute atomic E-state index is 0.00257. The van der Waals surface area contributed by atoms with Gasteiger partial charge in [-0.15, -0.1) is 0 Å². The van der Waals surface area contributed by atoms with Crippen molar-refractivity contribution < 1.29 is 5.11 Å².